The van der Waals surface area contributed by atoms with Crippen LogP contribution in [0.15, 0.2) is 4.99 Å². The van der Waals surface area contributed by atoms with Crippen LogP contribution in [0.5, 0.6) is 0 Å². The number of hydrogen-bond acceptors (Lipinski definition) is 4. The van der Waals surface area contributed by atoms with Gasteiger partial charge >= 0.3 is 0 Å². The monoisotopic (exact) mass is 454 g/mol. The fourth-order valence-electron chi connectivity index (χ4n) is 3.25. The predicted molar refractivity (Wildman–Crippen MR) is 109 cm³/mol. The quantitative estimate of drug-likeness (QED) is 0.241. The summed E-state index contributed by atoms with van der Waals surface area (Å²) in [7, 11) is 1.83. The van der Waals surface area contributed by atoms with E-state index in [1.165, 1.54) is 32.4 Å². The molecule has 0 aliphatic carbocycles. The van der Waals surface area contributed by atoms with Crippen molar-refractivity contribution in [3.63, 3.8) is 0 Å². The second-order valence-electron chi connectivity index (χ2n) is 6.39. The third kappa shape index (κ3) is 7.84. The SMILES string of the molecule is CCC(CNC(=NC)NCCCOC1CCOC1)N1CCCC1.I. The van der Waals surface area contributed by atoms with Crippen LogP contribution >= 0.6 is 24.0 Å². The maximum atomic E-state index is 5.77. The number of halogens is 1. The molecule has 142 valence electrons. The first-order chi connectivity index (χ1) is 11.3. The van der Waals surface area contributed by atoms with Crippen LogP contribution in [-0.2, 0) is 9.47 Å². The molecule has 2 aliphatic rings. The van der Waals surface area contributed by atoms with Gasteiger partial charge in [-0.25, -0.2) is 0 Å². The van der Waals surface area contributed by atoms with Gasteiger partial charge in [-0.1, -0.05) is 6.92 Å². The zero-order chi connectivity index (χ0) is 16.3. The summed E-state index contributed by atoms with van der Waals surface area (Å²) in [4.78, 5) is 6.91. The minimum Gasteiger partial charge on any atom is -0.379 e. The fraction of sp³-hybridized carbons (Fsp3) is 0.941. The number of hydrogen-bond donors (Lipinski definition) is 2. The van der Waals surface area contributed by atoms with E-state index in [1.807, 2.05) is 7.05 Å². The van der Waals surface area contributed by atoms with Crippen LogP contribution < -0.4 is 10.6 Å². The lowest BCUT2D eigenvalue weighted by Crippen LogP contribution is -2.46. The minimum atomic E-state index is 0. The van der Waals surface area contributed by atoms with Gasteiger partial charge in [0.1, 0.15) is 0 Å². The summed E-state index contributed by atoms with van der Waals surface area (Å²) in [6.45, 7) is 8.98. The van der Waals surface area contributed by atoms with Crippen LogP contribution in [0.2, 0.25) is 0 Å². The molecule has 0 aromatic carbocycles. The number of likely N-dealkylation sites (tertiary alicyclic amines) is 1. The number of guanidine groups is 1. The summed E-state index contributed by atoms with van der Waals surface area (Å²) in [6.07, 6.45) is 6.19. The molecule has 2 fully saturated rings. The molecule has 2 unspecified atom stereocenters. The molecule has 0 aromatic rings. The van der Waals surface area contributed by atoms with Crippen molar-refractivity contribution in [2.24, 2.45) is 4.99 Å². The van der Waals surface area contributed by atoms with E-state index in [0.717, 1.165) is 51.7 Å². The molecule has 0 saturated carbocycles. The summed E-state index contributed by atoms with van der Waals surface area (Å²) >= 11 is 0. The van der Waals surface area contributed by atoms with Gasteiger partial charge in [0.15, 0.2) is 5.96 Å². The Balaban J connectivity index is 0.00000288. The van der Waals surface area contributed by atoms with E-state index < -0.39 is 0 Å². The van der Waals surface area contributed by atoms with Crippen LogP contribution in [0.25, 0.3) is 0 Å². The molecule has 2 rings (SSSR count). The summed E-state index contributed by atoms with van der Waals surface area (Å²) < 4.78 is 11.1. The molecular weight excluding hydrogens is 419 g/mol. The third-order valence-electron chi connectivity index (χ3n) is 4.71. The molecular formula is C17H35IN4O2. The zero-order valence-corrected chi connectivity index (χ0v) is 17.6. The molecule has 0 spiro atoms. The molecule has 2 heterocycles. The van der Waals surface area contributed by atoms with Crippen LogP contribution in [-0.4, -0.2) is 76.1 Å². The Morgan fingerprint density at radius 3 is 2.75 bits per heavy atom. The van der Waals surface area contributed by atoms with E-state index in [2.05, 4.69) is 27.4 Å². The second-order valence-corrected chi connectivity index (χ2v) is 6.39. The van der Waals surface area contributed by atoms with Gasteiger partial charge in [0, 0.05) is 39.4 Å². The van der Waals surface area contributed by atoms with Gasteiger partial charge in [0.25, 0.3) is 0 Å². The van der Waals surface area contributed by atoms with Gasteiger partial charge in [-0.05, 0) is 45.2 Å². The van der Waals surface area contributed by atoms with Crippen LogP contribution in [0.4, 0.5) is 0 Å². The van der Waals surface area contributed by atoms with E-state index in [4.69, 9.17) is 9.47 Å². The Morgan fingerprint density at radius 2 is 2.12 bits per heavy atom. The molecule has 0 bridgehead atoms. The molecule has 6 nitrogen and oxygen atoms in total. The van der Waals surface area contributed by atoms with Gasteiger partial charge in [-0.3, -0.25) is 9.89 Å². The third-order valence-corrected chi connectivity index (χ3v) is 4.71. The lowest BCUT2D eigenvalue weighted by molar-refractivity contribution is 0.0420. The molecule has 0 radical (unpaired) electrons. The van der Waals surface area contributed by atoms with Gasteiger partial charge < -0.3 is 20.1 Å². The molecule has 7 heteroatoms. The first-order valence-corrected chi connectivity index (χ1v) is 9.21. The first kappa shape index (κ1) is 21.9. The molecule has 0 amide bonds. The Kier molecular flexibility index (Phi) is 12.0. The highest BCUT2D eigenvalue weighted by Gasteiger charge is 2.20. The van der Waals surface area contributed by atoms with Crippen molar-refractivity contribution in [2.45, 2.75) is 51.2 Å². The maximum Gasteiger partial charge on any atom is 0.191 e. The number of nitrogens with zero attached hydrogens (tertiary/aromatic N) is 2. The van der Waals surface area contributed by atoms with E-state index in [0.29, 0.717) is 12.1 Å². The van der Waals surface area contributed by atoms with Crippen molar-refractivity contribution in [1.82, 2.24) is 15.5 Å². The Morgan fingerprint density at radius 1 is 1.33 bits per heavy atom. The molecule has 24 heavy (non-hydrogen) atoms. The summed E-state index contributed by atoms with van der Waals surface area (Å²) in [6, 6.07) is 0.613. The minimum absolute atomic E-state index is 0. The molecule has 2 atom stereocenters. The van der Waals surface area contributed by atoms with E-state index in [-0.39, 0.29) is 24.0 Å². The molecule has 2 aliphatic heterocycles. The van der Waals surface area contributed by atoms with E-state index >= 15 is 0 Å². The number of rotatable bonds is 9. The Hall–Kier alpha value is -0.120. The average molecular weight is 454 g/mol. The maximum absolute atomic E-state index is 5.77. The van der Waals surface area contributed by atoms with Crippen molar-refractivity contribution >= 4 is 29.9 Å². The van der Waals surface area contributed by atoms with Crippen LogP contribution in [0.3, 0.4) is 0 Å². The van der Waals surface area contributed by atoms with Gasteiger partial charge in [0.05, 0.1) is 12.7 Å². The van der Waals surface area contributed by atoms with Crippen molar-refractivity contribution < 1.29 is 9.47 Å². The highest BCUT2D eigenvalue weighted by atomic mass is 127. The number of ether oxygens (including phenoxy) is 2. The van der Waals surface area contributed by atoms with Crippen molar-refractivity contribution in [3.05, 3.63) is 0 Å². The molecule has 0 aromatic heterocycles. The van der Waals surface area contributed by atoms with E-state index in [1.54, 1.807) is 0 Å². The second kappa shape index (κ2) is 13.1. The first-order valence-electron chi connectivity index (χ1n) is 9.21. The largest absolute Gasteiger partial charge is 0.379 e. The van der Waals surface area contributed by atoms with Crippen LogP contribution in [0.1, 0.15) is 39.0 Å². The highest BCUT2D eigenvalue weighted by molar-refractivity contribution is 14.0. The fourth-order valence-corrected chi connectivity index (χ4v) is 3.25. The highest BCUT2D eigenvalue weighted by Crippen LogP contribution is 2.13. The van der Waals surface area contributed by atoms with Gasteiger partial charge in [-0.15, -0.1) is 24.0 Å². The summed E-state index contributed by atoms with van der Waals surface area (Å²) in [5.41, 5.74) is 0. The normalized spacial score (nSPS) is 23.1. The van der Waals surface area contributed by atoms with Crippen molar-refractivity contribution in [2.75, 3.05) is 53.0 Å². The van der Waals surface area contributed by atoms with Crippen molar-refractivity contribution in [1.29, 1.82) is 0 Å². The number of aliphatic imine (C=N–C) groups is 1. The topological polar surface area (TPSA) is 58.1 Å². The Bertz CT molecular complexity index is 345. The lowest BCUT2D eigenvalue weighted by Gasteiger charge is -2.27. The van der Waals surface area contributed by atoms with Crippen LogP contribution in [0, 0.1) is 0 Å². The van der Waals surface area contributed by atoms with Crippen molar-refractivity contribution in [3.8, 4) is 0 Å². The Labute approximate surface area is 164 Å². The van der Waals surface area contributed by atoms with E-state index in [9.17, 15) is 0 Å². The summed E-state index contributed by atoms with van der Waals surface area (Å²) in [5, 5.41) is 6.84. The molecule has 2 N–H and O–H groups in total. The number of nitrogens with one attached hydrogen (secondary N) is 2. The zero-order valence-electron chi connectivity index (χ0n) is 15.3. The lowest BCUT2D eigenvalue weighted by atomic mass is 10.2. The van der Waals surface area contributed by atoms with Gasteiger partial charge in [-0.2, -0.15) is 0 Å². The smallest absolute Gasteiger partial charge is 0.191 e. The average Bonchev–Trinajstić information content (AvgIpc) is 3.27. The standard InChI is InChI=1S/C17H34N4O2.HI/c1-3-15(21-9-4-5-10-21)13-20-17(18-2)19-8-6-11-23-16-7-12-22-14-16;/h15-16H,3-14H2,1-2H3,(H2,18,19,20);1H. The van der Waals surface area contributed by atoms with Gasteiger partial charge in [0.2, 0.25) is 0 Å². The molecule has 2 saturated heterocycles. The predicted octanol–water partition coefficient (Wildman–Crippen LogP) is 1.84. The summed E-state index contributed by atoms with van der Waals surface area (Å²) in [5.74, 6) is 0.895.